The van der Waals surface area contributed by atoms with E-state index in [2.05, 4.69) is 41.0 Å². The van der Waals surface area contributed by atoms with Crippen molar-refractivity contribution in [2.24, 2.45) is 0 Å². The number of hydrogen-bond acceptors (Lipinski definition) is 4. The summed E-state index contributed by atoms with van der Waals surface area (Å²) < 4.78 is 2.00. The maximum Gasteiger partial charge on any atom is 0.226 e. The number of halogens is 1. The normalized spacial score (nSPS) is 11.3. The molecule has 2 aromatic heterocycles. The molecule has 0 saturated carbocycles. The SMILES string of the molecule is CCn1cnc2nc(Cl)nc(NC(C)C)c21. The minimum absolute atomic E-state index is 0.219. The Morgan fingerprint density at radius 1 is 1.44 bits per heavy atom. The first-order chi connectivity index (χ1) is 7.61. The van der Waals surface area contributed by atoms with Gasteiger partial charge in [0.2, 0.25) is 5.28 Å². The third-order valence-corrected chi connectivity index (χ3v) is 2.38. The Balaban J connectivity index is 2.63. The van der Waals surface area contributed by atoms with Crippen molar-refractivity contribution in [1.29, 1.82) is 0 Å². The van der Waals surface area contributed by atoms with Crippen LogP contribution in [-0.2, 0) is 6.54 Å². The topological polar surface area (TPSA) is 55.6 Å². The van der Waals surface area contributed by atoms with Crippen LogP contribution in [0.5, 0.6) is 0 Å². The van der Waals surface area contributed by atoms with E-state index in [-0.39, 0.29) is 11.3 Å². The Morgan fingerprint density at radius 3 is 2.81 bits per heavy atom. The van der Waals surface area contributed by atoms with Crippen LogP contribution < -0.4 is 5.32 Å². The number of nitrogens with zero attached hydrogens (tertiary/aromatic N) is 4. The number of aromatic nitrogens is 4. The van der Waals surface area contributed by atoms with Gasteiger partial charge in [-0.05, 0) is 32.4 Å². The van der Waals surface area contributed by atoms with Crippen LogP contribution in [0.15, 0.2) is 6.33 Å². The smallest absolute Gasteiger partial charge is 0.226 e. The van der Waals surface area contributed by atoms with Crippen LogP contribution >= 0.6 is 11.6 Å². The molecule has 2 rings (SSSR count). The van der Waals surface area contributed by atoms with E-state index in [1.807, 2.05) is 4.57 Å². The molecule has 0 radical (unpaired) electrons. The van der Waals surface area contributed by atoms with Gasteiger partial charge in [-0.15, -0.1) is 0 Å². The van der Waals surface area contributed by atoms with Crippen LogP contribution in [0.1, 0.15) is 20.8 Å². The molecule has 2 heterocycles. The predicted octanol–water partition coefficient (Wildman–Crippen LogP) is 2.32. The van der Waals surface area contributed by atoms with Gasteiger partial charge in [-0.1, -0.05) is 0 Å². The molecule has 1 N–H and O–H groups in total. The molecule has 0 spiro atoms. The lowest BCUT2D eigenvalue weighted by molar-refractivity contribution is 0.783. The Hall–Kier alpha value is -1.36. The van der Waals surface area contributed by atoms with Gasteiger partial charge in [0, 0.05) is 12.6 Å². The van der Waals surface area contributed by atoms with E-state index >= 15 is 0 Å². The zero-order valence-corrected chi connectivity index (χ0v) is 10.3. The molecule has 0 aliphatic carbocycles. The van der Waals surface area contributed by atoms with Gasteiger partial charge >= 0.3 is 0 Å². The average molecular weight is 240 g/mol. The maximum absolute atomic E-state index is 5.85. The molecule has 2 aromatic rings. The molecule has 6 heteroatoms. The van der Waals surface area contributed by atoms with E-state index in [0.29, 0.717) is 5.65 Å². The summed E-state index contributed by atoms with van der Waals surface area (Å²) in [6.45, 7) is 6.98. The molecule has 0 aromatic carbocycles. The lowest BCUT2D eigenvalue weighted by Crippen LogP contribution is -2.13. The highest BCUT2D eigenvalue weighted by atomic mass is 35.5. The lowest BCUT2D eigenvalue weighted by atomic mass is 10.3. The summed E-state index contributed by atoms with van der Waals surface area (Å²) in [6, 6.07) is 0.286. The van der Waals surface area contributed by atoms with Crippen molar-refractivity contribution in [3.8, 4) is 0 Å². The Bertz CT molecular complexity index is 505. The zero-order valence-electron chi connectivity index (χ0n) is 9.53. The summed E-state index contributed by atoms with van der Waals surface area (Å²) in [7, 11) is 0. The predicted molar refractivity (Wildman–Crippen MR) is 64.8 cm³/mol. The van der Waals surface area contributed by atoms with Gasteiger partial charge in [0.25, 0.3) is 0 Å². The Labute approximate surface area is 98.9 Å². The van der Waals surface area contributed by atoms with Gasteiger partial charge < -0.3 is 9.88 Å². The fraction of sp³-hybridized carbons (Fsp3) is 0.500. The van der Waals surface area contributed by atoms with Crippen LogP contribution in [0.3, 0.4) is 0 Å². The lowest BCUT2D eigenvalue weighted by Gasteiger charge is -2.11. The van der Waals surface area contributed by atoms with Crippen LogP contribution in [-0.4, -0.2) is 25.6 Å². The summed E-state index contributed by atoms with van der Waals surface area (Å²) in [4.78, 5) is 12.5. The molecular formula is C10H14ClN5. The van der Waals surface area contributed by atoms with Gasteiger partial charge in [0.1, 0.15) is 5.52 Å². The van der Waals surface area contributed by atoms with Gasteiger partial charge in [-0.2, -0.15) is 9.97 Å². The van der Waals surface area contributed by atoms with Crippen LogP contribution in [0, 0.1) is 0 Å². The van der Waals surface area contributed by atoms with E-state index in [4.69, 9.17) is 11.6 Å². The number of hydrogen-bond donors (Lipinski definition) is 1. The number of fused-ring (bicyclic) bond motifs is 1. The molecule has 0 aliphatic rings. The molecule has 0 aliphatic heterocycles. The highest BCUT2D eigenvalue weighted by Crippen LogP contribution is 2.21. The van der Waals surface area contributed by atoms with Gasteiger partial charge in [0.15, 0.2) is 11.5 Å². The van der Waals surface area contributed by atoms with Crippen LogP contribution in [0.2, 0.25) is 5.28 Å². The van der Waals surface area contributed by atoms with Crippen molar-refractivity contribution in [1.82, 2.24) is 19.5 Å². The largest absolute Gasteiger partial charge is 0.366 e. The minimum Gasteiger partial charge on any atom is -0.366 e. The molecule has 0 amide bonds. The highest BCUT2D eigenvalue weighted by Gasteiger charge is 2.12. The summed E-state index contributed by atoms with van der Waals surface area (Å²) >= 11 is 5.85. The van der Waals surface area contributed by atoms with E-state index in [9.17, 15) is 0 Å². The van der Waals surface area contributed by atoms with Crippen molar-refractivity contribution < 1.29 is 0 Å². The second kappa shape index (κ2) is 4.25. The Kier molecular flexibility index (Phi) is 2.96. The second-order valence-corrected chi connectivity index (χ2v) is 4.18. The first-order valence-corrected chi connectivity index (χ1v) is 5.64. The van der Waals surface area contributed by atoms with E-state index in [1.165, 1.54) is 0 Å². The Morgan fingerprint density at radius 2 is 2.19 bits per heavy atom. The molecule has 0 unspecified atom stereocenters. The minimum atomic E-state index is 0.219. The van der Waals surface area contributed by atoms with E-state index in [1.54, 1.807) is 6.33 Å². The van der Waals surface area contributed by atoms with Crippen molar-refractivity contribution in [2.45, 2.75) is 33.4 Å². The highest BCUT2D eigenvalue weighted by molar-refractivity contribution is 6.28. The zero-order chi connectivity index (χ0) is 11.7. The number of rotatable bonds is 3. The molecule has 0 bridgehead atoms. The fourth-order valence-electron chi connectivity index (χ4n) is 1.57. The first kappa shape index (κ1) is 11.1. The van der Waals surface area contributed by atoms with Gasteiger partial charge in [0.05, 0.1) is 6.33 Å². The van der Waals surface area contributed by atoms with Crippen molar-refractivity contribution in [2.75, 3.05) is 5.32 Å². The average Bonchev–Trinajstić information content (AvgIpc) is 2.59. The molecule has 0 saturated heterocycles. The second-order valence-electron chi connectivity index (χ2n) is 3.84. The third kappa shape index (κ3) is 1.95. The summed E-state index contributed by atoms with van der Waals surface area (Å²) in [5.74, 6) is 0.740. The van der Waals surface area contributed by atoms with E-state index < -0.39 is 0 Å². The fourth-order valence-corrected chi connectivity index (χ4v) is 1.73. The van der Waals surface area contributed by atoms with Crippen molar-refractivity contribution in [3.63, 3.8) is 0 Å². The molecule has 86 valence electrons. The number of nitrogens with one attached hydrogen (secondary N) is 1. The summed E-state index contributed by atoms with van der Waals surface area (Å²) in [5, 5.41) is 3.47. The van der Waals surface area contributed by atoms with Crippen LogP contribution in [0.25, 0.3) is 11.2 Å². The number of anilines is 1. The molecule has 0 atom stereocenters. The summed E-state index contributed by atoms with van der Waals surface area (Å²) in [6.07, 6.45) is 1.75. The van der Waals surface area contributed by atoms with E-state index in [0.717, 1.165) is 17.9 Å². The molecule has 16 heavy (non-hydrogen) atoms. The maximum atomic E-state index is 5.85. The third-order valence-electron chi connectivity index (χ3n) is 2.21. The molecular weight excluding hydrogens is 226 g/mol. The summed E-state index contributed by atoms with van der Waals surface area (Å²) in [5.41, 5.74) is 1.53. The monoisotopic (exact) mass is 239 g/mol. The standard InChI is InChI=1S/C10H14ClN5/c1-4-16-5-12-8-7(16)9(13-6(2)3)15-10(11)14-8/h5-6H,4H2,1-3H3,(H,13,14,15). The number of aryl methyl sites for hydroxylation is 1. The molecule has 5 nitrogen and oxygen atoms in total. The van der Waals surface area contributed by atoms with Crippen molar-refractivity contribution in [3.05, 3.63) is 11.6 Å². The van der Waals surface area contributed by atoms with Gasteiger partial charge in [-0.3, -0.25) is 0 Å². The molecule has 0 fully saturated rings. The number of imidazole rings is 1. The van der Waals surface area contributed by atoms with Crippen molar-refractivity contribution >= 4 is 28.6 Å². The first-order valence-electron chi connectivity index (χ1n) is 5.26. The van der Waals surface area contributed by atoms with Gasteiger partial charge in [-0.25, -0.2) is 4.98 Å². The quantitative estimate of drug-likeness (QED) is 0.836. The van der Waals surface area contributed by atoms with Crippen LogP contribution in [0.4, 0.5) is 5.82 Å².